The van der Waals surface area contributed by atoms with Gasteiger partial charge in [-0.15, -0.1) is 0 Å². The summed E-state index contributed by atoms with van der Waals surface area (Å²) in [7, 11) is 0. The van der Waals surface area contributed by atoms with Gasteiger partial charge in [0.05, 0.1) is 18.0 Å². The molecule has 0 N–H and O–H groups in total. The van der Waals surface area contributed by atoms with E-state index in [2.05, 4.69) is 22.1 Å². The highest BCUT2D eigenvalue weighted by molar-refractivity contribution is 5.42. The molecule has 0 aliphatic rings. The van der Waals surface area contributed by atoms with Crippen molar-refractivity contribution < 1.29 is 4.74 Å². The third-order valence-corrected chi connectivity index (χ3v) is 6.05. The molecule has 1 heterocycles. The summed E-state index contributed by atoms with van der Waals surface area (Å²) >= 11 is 0. The second-order valence-electron chi connectivity index (χ2n) is 9.05. The number of hydrogen-bond donors (Lipinski definition) is 0. The van der Waals surface area contributed by atoms with Crippen LogP contribution in [0.2, 0.25) is 0 Å². The zero-order valence-electron chi connectivity index (χ0n) is 20.9. The molecule has 0 fully saturated rings. The van der Waals surface area contributed by atoms with Gasteiger partial charge in [-0.25, -0.2) is 0 Å². The minimum absolute atomic E-state index is 0.788. The maximum atomic E-state index is 5.86. The van der Waals surface area contributed by atoms with E-state index in [4.69, 9.17) is 4.74 Å². The Morgan fingerprint density at radius 1 is 0.545 bits per heavy atom. The van der Waals surface area contributed by atoms with Crippen LogP contribution < -0.4 is 4.74 Å². The van der Waals surface area contributed by atoms with Crippen molar-refractivity contribution in [3.8, 4) is 5.75 Å². The van der Waals surface area contributed by atoms with Crippen LogP contribution in [0.5, 0.6) is 5.75 Å². The van der Waals surface area contributed by atoms with Crippen molar-refractivity contribution >= 4 is 11.4 Å². The number of hydrogen-bond acceptors (Lipinski definition) is 4. The van der Waals surface area contributed by atoms with E-state index in [-0.39, 0.29) is 0 Å². The van der Waals surface area contributed by atoms with Crippen molar-refractivity contribution in [3.05, 3.63) is 48.8 Å². The van der Waals surface area contributed by atoms with Crippen LogP contribution in [0.1, 0.15) is 110 Å². The van der Waals surface area contributed by atoms with Crippen LogP contribution in [0.15, 0.2) is 59.0 Å². The van der Waals surface area contributed by atoms with Gasteiger partial charge in [0.15, 0.2) is 0 Å². The van der Waals surface area contributed by atoms with Crippen molar-refractivity contribution in [2.45, 2.75) is 110 Å². The highest BCUT2D eigenvalue weighted by atomic mass is 16.5. The highest BCUT2D eigenvalue weighted by Crippen LogP contribution is 2.21. The Kier molecular flexibility index (Phi) is 15.8. The fourth-order valence-corrected chi connectivity index (χ4v) is 3.98. The Bertz CT molecular complexity index is 715. The summed E-state index contributed by atoms with van der Waals surface area (Å²) in [6, 6.07) is 11.5. The number of ether oxygens (including phenoxy) is 1. The third kappa shape index (κ3) is 14.5. The minimum atomic E-state index is 0.788. The van der Waals surface area contributed by atoms with Crippen LogP contribution in [0.25, 0.3) is 0 Å². The quantitative estimate of drug-likeness (QED) is 0.148. The molecule has 0 amide bonds. The maximum Gasteiger partial charge on any atom is 0.119 e. The molecular formula is C29H45N3O. The summed E-state index contributed by atoms with van der Waals surface area (Å²) in [6.07, 6.45) is 25.6. The average molecular weight is 452 g/mol. The SMILES string of the molecule is CCCCCCCCCCCCCCCCCCOc1ccc(N=Nc2ccncc2)cc1. The molecule has 0 saturated carbocycles. The first-order valence-corrected chi connectivity index (χ1v) is 13.4. The molecule has 4 heteroatoms. The Morgan fingerprint density at radius 2 is 0.970 bits per heavy atom. The van der Waals surface area contributed by atoms with Gasteiger partial charge >= 0.3 is 0 Å². The zero-order valence-corrected chi connectivity index (χ0v) is 20.9. The number of azo groups is 1. The van der Waals surface area contributed by atoms with Crippen LogP contribution in [-0.4, -0.2) is 11.6 Å². The van der Waals surface area contributed by atoms with Crippen molar-refractivity contribution in [1.82, 2.24) is 4.98 Å². The van der Waals surface area contributed by atoms with Crippen molar-refractivity contribution in [3.63, 3.8) is 0 Å². The summed E-state index contributed by atoms with van der Waals surface area (Å²) in [5, 5.41) is 8.44. The number of rotatable bonds is 20. The molecule has 0 aliphatic carbocycles. The molecule has 0 bridgehead atoms. The Hall–Kier alpha value is -2.23. The number of pyridine rings is 1. The monoisotopic (exact) mass is 451 g/mol. The molecule has 1 aromatic heterocycles. The fraction of sp³-hybridized carbons (Fsp3) is 0.621. The van der Waals surface area contributed by atoms with Gasteiger partial charge in [-0.05, 0) is 42.8 Å². The number of unbranched alkanes of at least 4 members (excludes halogenated alkanes) is 15. The number of nitrogens with zero attached hydrogens (tertiary/aromatic N) is 3. The summed E-state index contributed by atoms with van der Waals surface area (Å²) in [4.78, 5) is 3.98. The lowest BCUT2D eigenvalue weighted by Crippen LogP contribution is -1.96. The van der Waals surface area contributed by atoms with Crippen LogP contribution >= 0.6 is 0 Å². The van der Waals surface area contributed by atoms with E-state index in [1.807, 2.05) is 36.4 Å². The zero-order chi connectivity index (χ0) is 23.2. The predicted molar refractivity (Wildman–Crippen MR) is 140 cm³/mol. The summed E-state index contributed by atoms with van der Waals surface area (Å²) in [6.45, 7) is 3.08. The van der Waals surface area contributed by atoms with Gasteiger partial charge in [0.2, 0.25) is 0 Å². The van der Waals surface area contributed by atoms with Gasteiger partial charge in [0.25, 0.3) is 0 Å². The summed E-state index contributed by atoms with van der Waals surface area (Å²) < 4.78 is 5.86. The number of benzene rings is 1. The van der Waals surface area contributed by atoms with Gasteiger partial charge in [0, 0.05) is 12.4 Å². The fourth-order valence-electron chi connectivity index (χ4n) is 3.98. The van der Waals surface area contributed by atoms with Crippen LogP contribution in [0, 0.1) is 0 Å². The standard InChI is InChI=1S/C29H45N3O/c1-2-3-4-5-6-7-8-9-10-11-12-13-14-15-16-17-26-33-29-20-18-27(19-21-29)31-32-28-22-24-30-25-23-28/h18-25H,2-17,26H2,1H3. The van der Waals surface area contributed by atoms with E-state index >= 15 is 0 Å². The van der Waals surface area contributed by atoms with Gasteiger partial charge < -0.3 is 4.74 Å². The Morgan fingerprint density at radius 3 is 1.45 bits per heavy atom. The first-order valence-electron chi connectivity index (χ1n) is 13.4. The van der Waals surface area contributed by atoms with E-state index in [1.165, 1.54) is 96.3 Å². The molecular weight excluding hydrogens is 406 g/mol. The highest BCUT2D eigenvalue weighted by Gasteiger charge is 1.97. The van der Waals surface area contributed by atoms with E-state index in [1.54, 1.807) is 12.4 Å². The molecule has 1 aromatic carbocycles. The molecule has 0 saturated heterocycles. The van der Waals surface area contributed by atoms with Gasteiger partial charge in [-0.2, -0.15) is 10.2 Å². The molecule has 2 aromatic rings. The first-order chi connectivity index (χ1) is 16.4. The molecule has 0 unspecified atom stereocenters. The number of aromatic nitrogens is 1. The van der Waals surface area contributed by atoms with Crippen molar-refractivity contribution in [2.24, 2.45) is 10.2 Å². The van der Waals surface area contributed by atoms with E-state index < -0.39 is 0 Å². The lowest BCUT2D eigenvalue weighted by atomic mass is 10.0. The molecule has 0 spiro atoms. The molecule has 4 nitrogen and oxygen atoms in total. The van der Waals surface area contributed by atoms with E-state index in [0.29, 0.717) is 0 Å². The molecule has 2 rings (SSSR count). The van der Waals surface area contributed by atoms with Crippen LogP contribution in [-0.2, 0) is 0 Å². The maximum absolute atomic E-state index is 5.86. The molecule has 0 atom stereocenters. The predicted octanol–water partition coefficient (Wildman–Crippen LogP) is 10.1. The van der Waals surface area contributed by atoms with Gasteiger partial charge in [-0.1, -0.05) is 103 Å². The van der Waals surface area contributed by atoms with E-state index in [9.17, 15) is 0 Å². The van der Waals surface area contributed by atoms with Crippen LogP contribution in [0.3, 0.4) is 0 Å². The lowest BCUT2D eigenvalue weighted by molar-refractivity contribution is 0.304. The topological polar surface area (TPSA) is 46.8 Å². The van der Waals surface area contributed by atoms with Crippen molar-refractivity contribution in [2.75, 3.05) is 6.61 Å². The summed E-state index contributed by atoms with van der Waals surface area (Å²) in [5.74, 6) is 0.902. The smallest absolute Gasteiger partial charge is 0.119 e. The van der Waals surface area contributed by atoms with Gasteiger partial charge in [0.1, 0.15) is 5.75 Å². The summed E-state index contributed by atoms with van der Waals surface area (Å²) in [5.41, 5.74) is 1.62. The molecule has 0 aliphatic heterocycles. The molecule has 0 radical (unpaired) electrons. The third-order valence-electron chi connectivity index (χ3n) is 6.05. The Balaban J connectivity index is 1.37. The van der Waals surface area contributed by atoms with Crippen LogP contribution in [0.4, 0.5) is 11.4 Å². The lowest BCUT2D eigenvalue weighted by Gasteiger charge is -2.06. The molecule has 33 heavy (non-hydrogen) atoms. The minimum Gasteiger partial charge on any atom is -0.494 e. The molecule has 182 valence electrons. The van der Waals surface area contributed by atoms with Crippen molar-refractivity contribution in [1.29, 1.82) is 0 Å². The second kappa shape index (κ2) is 19.3. The second-order valence-corrected chi connectivity index (χ2v) is 9.05. The average Bonchev–Trinajstić information content (AvgIpc) is 2.86. The van der Waals surface area contributed by atoms with E-state index in [0.717, 1.165) is 30.2 Å². The first kappa shape index (κ1) is 27.0. The normalized spacial score (nSPS) is 11.3. The Labute approximate surface area is 202 Å². The van der Waals surface area contributed by atoms with Gasteiger partial charge in [-0.3, -0.25) is 4.98 Å². The largest absolute Gasteiger partial charge is 0.494 e.